The number of hydrogen-bond acceptors (Lipinski definition) is 4. The van der Waals surface area contributed by atoms with Crippen LogP contribution in [0.1, 0.15) is 35.0 Å². The van der Waals surface area contributed by atoms with Crippen LogP contribution < -0.4 is 4.74 Å². The number of aromatic nitrogens is 1. The van der Waals surface area contributed by atoms with Gasteiger partial charge in [0.15, 0.2) is 6.10 Å². The van der Waals surface area contributed by atoms with Crippen LogP contribution in [0.15, 0.2) is 29.6 Å². The van der Waals surface area contributed by atoms with Crippen LogP contribution in [0.4, 0.5) is 0 Å². The van der Waals surface area contributed by atoms with Crippen molar-refractivity contribution in [2.24, 2.45) is 0 Å². The molecule has 0 spiro atoms. The van der Waals surface area contributed by atoms with Gasteiger partial charge in [-0.1, -0.05) is 18.2 Å². The van der Waals surface area contributed by atoms with Crippen molar-refractivity contribution in [1.29, 1.82) is 0 Å². The fourth-order valence-corrected chi connectivity index (χ4v) is 4.39. The summed E-state index contributed by atoms with van der Waals surface area (Å²) in [6.45, 7) is 3.62. The van der Waals surface area contributed by atoms with Crippen LogP contribution in [0.2, 0.25) is 0 Å². The van der Waals surface area contributed by atoms with Gasteiger partial charge in [-0.25, -0.2) is 4.98 Å². The molecule has 1 aromatic carbocycles. The van der Waals surface area contributed by atoms with Gasteiger partial charge in [0.1, 0.15) is 5.75 Å². The van der Waals surface area contributed by atoms with E-state index in [9.17, 15) is 4.79 Å². The van der Waals surface area contributed by atoms with E-state index in [1.165, 1.54) is 0 Å². The number of aryl methyl sites for hydroxylation is 1. The van der Waals surface area contributed by atoms with Crippen LogP contribution >= 0.6 is 11.3 Å². The average Bonchev–Trinajstić information content (AvgIpc) is 3.20. The Labute approximate surface area is 140 Å². The zero-order valence-corrected chi connectivity index (χ0v) is 14.0. The molecule has 23 heavy (non-hydrogen) atoms. The Bertz CT molecular complexity index is 702. The van der Waals surface area contributed by atoms with E-state index in [4.69, 9.17) is 4.74 Å². The number of nitrogens with zero attached hydrogens (tertiary/aromatic N) is 2. The molecule has 3 heterocycles. The van der Waals surface area contributed by atoms with Crippen molar-refractivity contribution in [2.75, 3.05) is 13.1 Å². The fraction of sp³-hybridized carbons (Fsp3) is 0.444. The summed E-state index contributed by atoms with van der Waals surface area (Å²) < 4.78 is 5.86. The lowest BCUT2D eigenvalue weighted by Crippen LogP contribution is -2.45. The van der Waals surface area contributed by atoms with Crippen molar-refractivity contribution < 1.29 is 9.53 Å². The normalized spacial score (nSPS) is 23.4. The number of fused-ring (bicyclic) bond motifs is 1. The summed E-state index contributed by atoms with van der Waals surface area (Å²) in [7, 11) is 0. The number of carbonyl (C=O) groups is 1. The SMILES string of the molecule is Cc1csc([C@@H]2CCCN(C(=O)[C@H]3Cc4ccccc4O3)C2)n1. The van der Waals surface area contributed by atoms with E-state index in [0.29, 0.717) is 12.3 Å². The smallest absolute Gasteiger partial charge is 0.264 e. The van der Waals surface area contributed by atoms with Crippen molar-refractivity contribution in [3.8, 4) is 5.75 Å². The molecule has 0 radical (unpaired) electrons. The molecule has 1 saturated heterocycles. The number of para-hydroxylation sites is 1. The topological polar surface area (TPSA) is 42.4 Å². The van der Waals surface area contributed by atoms with Crippen LogP contribution in [-0.2, 0) is 11.2 Å². The number of rotatable bonds is 2. The molecule has 120 valence electrons. The van der Waals surface area contributed by atoms with E-state index < -0.39 is 0 Å². The van der Waals surface area contributed by atoms with Gasteiger partial charge in [-0.3, -0.25) is 4.79 Å². The first kappa shape index (κ1) is 14.7. The Morgan fingerprint density at radius 2 is 2.26 bits per heavy atom. The highest BCUT2D eigenvalue weighted by Gasteiger charge is 2.35. The molecule has 1 aromatic heterocycles. The zero-order valence-electron chi connectivity index (χ0n) is 13.2. The predicted molar refractivity (Wildman–Crippen MR) is 90.0 cm³/mol. The molecule has 0 N–H and O–H groups in total. The first-order valence-electron chi connectivity index (χ1n) is 8.16. The number of hydrogen-bond donors (Lipinski definition) is 0. The second-order valence-electron chi connectivity index (χ2n) is 6.37. The lowest BCUT2D eigenvalue weighted by molar-refractivity contribution is -0.139. The van der Waals surface area contributed by atoms with Crippen molar-refractivity contribution in [3.05, 3.63) is 45.9 Å². The second kappa shape index (κ2) is 5.96. The summed E-state index contributed by atoms with van der Waals surface area (Å²) >= 11 is 1.71. The average molecular weight is 328 g/mol. The molecular formula is C18H20N2O2S. The number of carbonyl (C=O) groups excluding carboxylic acids is 1. The maximum absolute atomic E-state index is 12.8. The van der Waals surface area contributed by atoms with Crippen LogP contribution in [0, 0.1) is 6.92 Å². The van der Waals surface area contributed by atoms with Crippen molar-refractivity contribution in [2.45, 2.75) is 38.2 Å². The van der Waals surface area contributed by atoms with E-state index >= 15 is 0 Å². The molecule has 1 fully saturated rings. The molecule has 0 aliphatic carbocycles. The number of piperidine rings is 1. The molecule has 4 rings (SSSR count). The summed E-state index contributed by atoms with van der Waals surface area (Å²) in [4.78, 5) is 19.4. The quantitative estimate of drug-likeness (QED) is 0.850. The molecule has 4 nitrogen and oxygen atoms in total. The number of likely N-dealkylation sites (tertiary alicyclic amines) is 1. The van der Waals surface area contributed by atoms with Gasteiger partial charge in [0.05, 0.1) is 5.01 Å². The molecule has 2 aliphatic heterocycles. The van der Waals surface area contributed by atoms with Crippen molar-refractivity contribution in [3.63, 3.8) is 0 Å². The van der Waals surface area contributed by atoms with Gasteiger partial charge in [-0.15, -0.1) is 11.3 Å². The number of benzene rings is 1. The van der Waals surface area contributed by atoms with E-state index in [1.807, 2.05) is 36.1 Å². The van der Waals surface area contributed by atoms with Gasteiger partial charge in [-0.05, 0) is 31.4 Å². The Balaban J connectivity index is 1.45. The standard InChI is InChI=1S/C18H20N2O2S/c1-12-11-23-17(19-12)14-6-4-8-20(10-14)18(21)16-9-13-5-2-3-7-15(13)22-16/h2-3,5,7,11,14,16H,4,6,8-10H2,1H3/t14-,16-/m1/s1. The molecule has 5 heteroatoms. The van der Waals surface area contributed by atoms with Gasteiger partial charge in [-0.2, -0.15) is 0 Å². The largest absolute Gasteiger partial charge is 0.480 e. The van der Waals surface area contributed by atoms with Crippen LogP contribution in [-0.4, -0.2) is 35.0 Å². The molecule has 0 unspecified atom stereocenters. The van der Waals surface area contributed by atoms with E-state index in [2.05, 4.69) is 10.4 Å². The summed E-state index contributed by atoms with van der Waals surface area (Å²) in [5, 5.41) is 3.25. The van der Waals surface area contributed by atoms with Crippen molar-refractivity contribution in [1.82, 2.24) is 9.88 Å². The molecule has 0 saturated carbocycles. The minimum atomic E-state index is -0.357. The number of amides is 1. The Hall–Kier alpha value is -1.88. The first-order chi connectivity index (χ1) is 11.2. The van der Waals surface area contributed by atoms with E-state index in [0.717, 1.165) is 47.9 Å². The van der Waals surface area contributed by atoms with Crippen molar-refractivity contribution >= 4 is 17.2 Å². The van der Waals surface area contributed by atoms with Crippen LogP contribution in [0.5, 0.6) is 5.75 Å². The van der Waals surface area contributed by atoms with Gasteiger partial charge in [0.2, 0.25) is 0 Å². The monoisotopic (exact) mass is 328 g/mol. The third-order valence-corrected chi connectivity index (χ3v) is 5.77. The maximum Gasteiger partial charge on any atom is 0.264 e. The Morgan fingerprint density at radius 3 is 3.04 bits per heavy atom. The molecule has 2 aromatic rings. The van der Waals surface area contributed by atoms with Crippen LogP contribution in [0.25, 0.3) is 0 Å². The highest BCUT2D eigenvalue weighted by molar-refractivity contribution is 7.09. The third kappa shape index (κ3) is 2.85. The zero-order chi connectivity index (χ0) is 15.8. The number of thiazole rings is 1. The lowest BCUT2D eigenvalue weighted by atomic mass is 9.98. The fourth-order valence-electron chi connectivity index (χ4n) is 3.46. The minimum absolute atomic E-state index is 0.124. The van der Waals surface area contributed by atoms with E-state index in [-0.39, 0.29) is 12.0 Å². The van der Waals surface area contributed by atoms with Gasteiger partial charge < -0.3 is 9.64 Å². The van der Waals surface area contributed by atoms with Crippen LogP contribution in [0.3, 0.4) is 0 Å². The molecular weight excluding hydrogens is 308 g/mol. The minimum Gasteiger partial charge on any atom is -0.480 e. The molecule has 2 atom stereocenters. The second-order valence-corrected chi connectivity index (χ2v) is 7.26. The van der Waals surface area contributed by atoms with Gasteiger partial charge in [0.25, 0.3) is 5.91 Å². The molecule has 1 amide bonds. The summed E-state index contributed by atoms with van der Waals surface area (Å²) in [5.74, 6) is 1.35. The first-order valence-corrected chi connectivity index (χ1v) is 9.04. The summed E-state index contributed by atoms with van der Waals surface area (Å²) in [5.41, 5.74) is 2.21. The predicted octanol–water partition coefficient (Wildman–Crippen LogP) is 3.16. The van der Waals surface area contributed by atoms with Gasteiger partial charge in [0, 0.05) is 36.5 Å². The van der Waals surface area contributed by atoms with E-state index in [1.54, 1.807) is 11.3 Å². The summed E-state index contributed by atoms with van der Waals surface area (Å²) in [6, 6.07) is 7.93. The third-order valence-electron chi connectivity index (χ3n) is 4.64. The highest BCUT2D eigenvalue weighted by Crippen LogP contribution is 2.32. The van der Waals surface area contributed by atoms with Gasteiger partial charge >= 0.3 is 0 Å². The highest BCUT2D eigenvalue weighted by atomic mass is 32.1. The Morgan fingerprint density at radius 1 is 1.39 bits per heavy atom. The maximum atomic E-state index is 12.8. The molecule has 2 aliphatic rings. The number of ether oxygens (including phenoxy) is 1. The lowest BCUT2D eigenvalue weighted by Gasteiger charge is -2.33. The Kier molecular flexibility index (Phi) is 3.81. The molecule has 0 bridgehead atoms. The summed E-state index contributed by atoms with van der Waals surface area (Å²) in [6.07, 6.45) is 2.48.